The Labute approximate surface area is 211 Å². The van der Waals surface area contributed by atoms with Crippen molar-refractivity contribution >= 4 is 5.91 Å². The van der Waals surface area contributed by atoms with Gasteiger partial charge in [0.05, 0.1) is 34.5 Å². The Balaban J connectivity index is 1.50. The van der Waals surface area contributed by atoms with Crippen LogP contribution in [0, 0.1) is 0 Å². The van der Waals surface area contributed by atoms with Gasteiger partial charge in [0, 0.05) is 18.2 Å². The largest absolute Gasteiger partial charge is 0.493 e. The molecule has 0 radical (unpaired) electrons. The Kier molecular flexibility index (Phi) is 8.32. The van der Waals surface area contributed by atoms with E-state index in [0.717, 1.165) is 37.1 Å². The number of amides is 1. The minimum absolute atomic E-state index is 0.00808. The molecule has 192 valence electrons. The highest BCUT2D eigenvalue weighted by Gasteiger charge is 2.25. The molecule has 0 spiro atoms. The van der Waals surface area contributed by atoms with Crippen molar-refractivity contribution in [2.75, 3.05) is 48.1 Å². The maximum atomic E-state index is 13.0. The first-order valence-electron chi connectivity index (χ1n) is 12.0. The molecule has 0 aliphatic carbocycles. The highest BCUT2D eigenvalue weighted by Crippen LogP contribution is 2.34. The molecule has 36 heavy (non-hydrogen) atoms. The lowest BCUT2D eigenvalue weighted by atomic mass is 10.0. The Morgan fingerprint density at radius 2 is 1.53 bits per heavy atom. The summed E-state index contributed by atoms with van der Waals surface area (Å²) in [6, 6.07) is 12.9. The highest BCUT2D eigenvalue weighted by molar-refractivity contribution is 5.93. The standard InChI is InChI=1S/C27H33N3O6/c1-32-22-10-8-18(14-25(22)34-3)21(30-12-6-5-7-13-30)17-28-27(31)20-16-24(36-29-20)19-9-11-23(33-2)26(15-19)35-4/h8-11,14-16,21H,5-7,12-13,17H2,1-4H3,(H,28,31). The van der Waals surface area contributed by atoms with E-state index in [1.807, 2.05) is 24.3 Å². The van der Waals surface area contributed by atoms with E-state index in [0.29, 0.717) is 35.3 Å². The van der Waals surface area contributed by atoms with E-state index in [-0.39, 0.29) is 17.6 Å². The molecule has 2 aromatic carbocycles. The van der Waals surface area contributed by atoms with Crippen molar-refractivity contribution in [3.63, 3.8) is 0 Å². The van der Waals surface area contributed by atoms with Crippen LogP contribution in [0.25, 0.3) is 11.3 Å². The van der Waals surface area contributed by atoms with Gasteiger partial charge in [0.15, 0.2) is 34.5 Å². The van der Waals surface area contributed by atoms with Gasteiger partial charge in [0.2, 0.25) is 0 Å². The lowest BCUT2D eigenvalue weighted by molar-refractivity contribution is 0.0915. The van der Waals surface area contributed by atoms with Crippen LogP contribution in [0.2, 0.25) is 0 Å². The number of benzene rings is 2. The van der Waals surface area contributed by atoms with Gasteiger partial charge in [-0.25, -0.2) is 0 Å². The molecule has 1 amide bonds. The first-order valence-corrected chi connectivity index (χ1v) is 12.0. The molecule has 3 aromatic rings. The molecule has 1 atom stereocenters. The van der Waals surface area contributed by atoms with E-state index in [9.17, 15) is 4.79 Å². The quantitative estimate of drug-likeness (QED) is 0.444. The van der Waals surface area contributed by atoms with E-state index in [1.54, 1.807) is 46.6 Å². The summed E-state index contributed by atoms with van der Waals surface area (Å²) in [5.74, 6) is 2.68. The van der Waals surface area contributed by atoms with Crippen LogP contribution in [0.5, 0.6) is 23.0 Å². The number of ether oxygens (including phenoxy) is 4. The molecule has 1 aliphatic rings. The normalized spacial score (nSPS) is 14.7. The molecule has 1 unspecified atom stereocenters. The van der Waals surface area contributed by atoms with Gasteiger partial charge in [-0.1, -0.05) is 17.6 Å². The SMILES string of the molecule is COc1ccc(-c2cc(C(=O)NCC(c3ccc(OC)c(OC)c3)N3CCCCC3)no2)cc1OC. The van der Waals surface area contributed by atoms with Crippen LogP contribution in [0.15, 0.2) is 47.0 Å². The number of methoxy groups -OCH3 is 4. The van der Waals surface area contributed by atoms with Crippen LogP contribution in [-0.4, -0.2) is 64.0 Å². The maximum absolute atomic E-state index is 13.0. The number of piperidine rings is 1. The second-order valence-electron chi connectivity index (χ2n) is 8.58. The average Bonchev–Trinajstić information content (AvgIpc) is 3.43. The fourth-order valence-electron chi connectivity index (χ4n) is 4.54. The third kappa shape index (κ3) is 5.57. The Morgan fingerprint density at radius 3 is 2.19 bits per heavy atom. The molecule has 2 heterocycles. The molecule has 0 bridgehead atoms. The molecule has 1 aromatic heterocycles. The Bertz CT molecular complexity index is 1170. The molecular formula is C27H33N3O6. The summed E-state index contributed by atoms with van der Waals surface area (Å²) >= 11 is 0. The summed E-state index contributed by atoms with van der Waals surface area (Å²) in [5.41, 5.74) is 2.00. The van der Waals surface area contributed by atoms with Crippen molar-refractivity contribution < 1.29 is 28.3 Å². The first-order chi connectivity index (χ1) is 17.6. The van der Waals surface area contributed by atoms with E-state index < -0.39 is 0 Å². The van der Waals surface area contributed by atoms with Gasteiger partial charge in [0.25, 0.3) is 5.91 Å². The minimum Gasteiger partial charge on any atom is -0.493 e. The maximum Gasteiger partial charge on any atom is 0.273 e. The second kappa shape index (κ2) is 11.8. The zero-order chi connectivity index (χ0) is 25.5. The number of nitrogens with one attached hydrogen (secondary N) is 1. The minimum atomic E-state index is -0.298. The fourth-order valence-corrected chi connectivity index (χ4v) is 4.54. The molecule has 1 fully saturated rings. The zero-order valence-corrected chi connectivity index (χ0v) is 21.2. The molecule has 1 aliphatic heterocycles. The number of aromatic nitrogens is 1. The number of nitrogens with zero attached hydrogens (tertiary/aromatic N) is 2. The molecule has 9 heteroatoms. The van der Waals surface area contributed by atoms with Gasteiger partial charge in [-0.15, -0.1) is 0 Å². The number of carbonyl (C=O) groups is 1. The van der Waals surface area contributed by atoms with Gasteiger partial charge >= 0.3 is 0 Å². The highest BCUT2D eigenvalue weighted by atomic mass is 16.5. The van der Waals surface area contributed by atoms with Crippen molar-refractivity contribution in [3.8, 4) is 34.3 Å². The number of hydrogen-bond donors (Lipinski definition) is 1. The Hall–Kier alpha value is -3.72. The van der Waals surface area contributed by atoms with Crippen LogP contribution in [0.4, 0.5) is 0 Å². The fraction of sp³-hybridized carbons (Fsp3) is 0.407. The van der Waals surface area contributed by atoms with E-state index in [2.05, 4.69) is 15.4 Å². The van der Waals surface area contributed by atoms with Gasteiger partial charge in [0.1, 0.15) is 0 Å². The third-order valence-electron chi connectivity index (χ3n) is 6.49. The predicted octanol–water partition coefficient (Wildman–Crippen LogP) is 4.33. The lowest BCUT2D eigenvalue weighted by Gasteiger charge is -2.35. The van der Waals surface area contributed by atoms with Crippen molar-refractivity contribution in [1.29, 1.82) is 0 Å². The Morgan fingerprint density at radius 1 is 0.889 bits per heavy atom. The summed E-state index contributed by atoms with van der Waals surface area (Å²) in [7, 11) is 6.39. The van der Waals surface area contributed by atoms with Gasteiger partial charge in [-0.2, -0.15) is 0 Å². The van der Waals surface area contributed by atoms with Crippen LogP contribution in [-0.2, 0) is 0 Å². The van der Waals surface area contributed by atoms with Crippen LogP contribution in [0.3, 0.4) is 0 Å². The summed E-state index contributed by atoms with van der Waals surface area (Å²) in [6.07, 6.45) is 3.49. The van der Waals surface area contributed by atoms with Crippen LogP contribution < -0.4 is 24.3 Å². The molecule has 1 saturated heterocycles. The van der Waals surface area contributed by atoms with Gasteiger partial charge in [-0.05, 0) is 61.8 Å². The number of likely N-dealkylation sites (tertiary alicyclic amines) is 1. The lowest BCUT2D eigenvalue weighted by Crippen LogP contribution is -2.40. The van der Waals surface area contributed by atoms with Gasteiger partial charge in [-0.3, -0.25) is 9.69 Å². The molecule has 4 rings (SSSR count). The average molecular weight is 496 g/mol. The number of hydrogen-bond acceptors (Lipinski definition) is 8. The van der Waals surface area contributed by atoms with Crippen LogP contribution >= 0.6 is 0 Å². The summed E-state index contributed by atoms with van der Waals surface area (Å²) in [5, 5.41) is 7.04. The molecule has 0 saturated carbocycles. The first kappa shape index (κ1) is 25.4. The topological polar surface area (TPSA) is 95.3 Å². The van der Waals surface area contributed by atoms with Gasteiger partial charge < -0.3 is 28.8 Å². The summed E-state index contributed by atoms with van der Waals surface area (Å²) in [4.78, 5) is 15.4. The molecular weight excluding hydrogens is 462 g/mol. The zero-order valence-electron chi connectivity index (χ0n) is 21.2. The predicted molar refractivity (Wildman–Crippen MR) is 135 cm³/mol. The number of rotatable bonds is 10. The second-order valence-corrected chi connectivity index (χ2v) is 8.58. The smallest absolute Gasteiger partial charge is 0.273 e. The van der Waals surface area contributed by atoms with Crippen molar-refractivity contribution in [2.45, 2.75) is 25.3 Å². The van der Waals surface area contributed by atoms with Crippen molar-refractivity contribution in [3.05, 3.63) is 53.7 Å². The van der Waals surface area contributed by atoms with Crippen molar-refractivity contribution in [2.24, 2.45) is 0 Å². The van der Waals surface area contributed by atoms with Crippen LogP contribution in [0.1, 0.15) is 41.4 Å². The van der Waals surface area contributed by atoms with Crippen molar-refractivity contribution in [1.82, 2.24) is 15.4 Å². The monoisotopic (exact) mass is 495 g/mol. The molecule has 1 N–H and O–H groups in total. The molecule has 9 nitrogen and oxygen atoms in total. The third-order valence-corrected chi connectivity index (χ3v) is 6.49. The van der Waals surface area contributed by atoms with E-state index >= 15 is 0 Å². The summed E-state index contributed by atoms with van der Waals surface area (Å²) in [6.45, 7) is 2.37. The van der Waals surface area contributed by atoms with E-state index in [4.69, 9.17) is 23.5 Å². The van der Waals surface area contributed by atoms with E-state index in [1.165, 1.54) is 6.42 Å². The summed E-state index contributed by atoms with van der Waals surface area (Å²) < 4.78 is 27.0. The number of carbonyl (C=O) groups excluding carboxylic acids is 1.